The second kappa shape index (κ2) is 5.21. The summed E-state index contributed by atoms with van der Waals surface area (Å²) < 4.78 is 5.20. The van der Waals surface area contributed by atoms with Gasteiger partial charge in [-0.25, -0.2) is 4.85 Å². The van der Waals surface area contributed by atoms with Crippen molar-refractivity contribution >= 4 is 29.8 Å². The molecule has 0 unspecified atom stereocenters. The van der Waals surface area contributed by atoms with Gasteiger partial charge < -0.3 is 14.6 Å². The highest BCUT2D eigenvalue weighted by Crippen LogP contribution is 2.27. The molecule has 0 radical (unpaired) electrons. The molecule has 0 bridgehead atoms. The van der Waals surface area contributed by atoms with Crippen LogP contribution in [0.4, 0.5) is 17.2 Å². The second-order valence-corrected chi connectivity index (χ2v) is 5.05. The maximum Gasteiger partial charge on any atom is 0.491 e. The van der Waals surface area contributed by atoms with Gasteiger partial charge in [0.25, 0.3) is 0 Å². The standard InChI is InChI=1S/C15H14BN3O2/c1-10-6-15(18-8-14(10)17-2)19(3)12-4-5-13-11(7-12)9-21-16(13)20/h4-8,20H,9H2,1,3H3. The number of aryl methyl sites for hydroxylation is 1. The maximum absolute atomic E-state index is 9.65. The third-order valence-electron chi connectivity index (χ3n) is 3.71. The van der Waals surface area contributed by atoms with E-state index in [9.17, 15) is 5.02 Å². The molecule has 0 saturated carbocycles. The highest BCUT2D eigenvalue weighted by atomic mass is 16.5. The van der Waals surface area contributed by atoms with E-state index in [0.29, 0.717) is 12.3 Å². The van der Waals surface area contributed by atoms with E-state index in [0.717, 1.165) is 28.1 Å². The lowest BCUT2D eigenvalue weighted by Gasteiger charge is -2.20. The van der Waals surface area contributed by atoms with E-state index in [1.165, 1.54) is 0 Å². The van der Waals surface area contributed by atoms with Gasteiger partial charge in [0, 0.05) is 18.9 Å². The van der Waals surface area contributed by atoms with Crippen molar-refractivity contribution in [3.8, 4) is 0 Å². The number of hydrogen-bond acceptors (Lipinski definition) is 4. The van der Waals surface area contributed by atoms with Crippen molar-refractivity contribution in [1.29, 1.82) is 0 Å². The molecular weight excluding hydrogens is 265 g/mol. The van der Waals surface area contributed by atoms with E-state index in [2.05, 4.69) is 9.83 Å². The Hall–Kier alpha value is -2.36. The minimum Gasteiger partial charge on any atom is -0.423 e. The summed E-state index contributed by atoms with van der Waals surface area (Å²) in [5, 5.41) is 9.65. The third kappa shape index (κ3) is 2.37. The SMILES string of the molecule is [C-]#[N+]c1cnc(N(C)c2ccc3c(c2)COB3O)cc1C. The molecule has 104 valence electrons. The largest absolute Gasteiger partial charge is 0.491 e. The monoisotopic (exact) mass is 279 g/mol. The molecule has 0 fully saturated rings. The van der Waals surface area contributed by atoms with E-state index in [-0.39, 0.29) is 0 Å². The average Bonchev–Trinajstić information content (AvgIpc) is 2.87. The lowest BCUT2D eigenvalue weighted by Crippen LogP contribution is -2.28. The summed E-state index contributed by atoms with van der Waals surface area (Å²) in [6.07, 6.45) is 1.59. The highest BCUT2D eigenvalue weighted by Gasteiger charge is 2.27. The zero-order valence-electron chi connectivity index (χ0n) is 11.9. The van der Waals surface area contributed by atoms with Crippen LogP contribution in [0.5, 0.6) is 0 Å². The molecule has 0 atom stereocenters. The maximum atomic E-state index is 9.65. The number of hydrogen-bond donors (Lipinski definition) is 1. The van der Waals surface area contributed by atoms with Crippen LogP contribution >= 0.6 is 0 Å². The van der Waals surface area contributed by atoms with Gasteiger partial charge in [0.15, 0.2) is 0 Å². The molecule has 0 amide bonds. The van der Waals surface area contributed by atoms with Gasteiger partial charge in [-0.05, 0) is 41.7 Å². The summed E-state index contributed by atoms with van der Waals surface area (Å²) in [6, 6.07) is 7.69. The fourth-order valence-corrected chi connectivity index (χ4v) is 2.39. The number of benzene rings is 1. The van der Waals surface area contributed by atoms with Crippen LogP contribution in [-0.2, 0) is 11.3 Å². The van der Waals surface area contributed by atoms with Crippen LogP contribution in [0.2, 0.25) is 0 Å². The summed E-state index contributed by atoms with van der Waals surface area (Å²) in [6.45, 7) is 9.38. The molecule has 1 N–H and O–H groups in total. The average molecular weight is 279 g/mol. The van der Waals surface area contributed by atoms with Gasteiger partial charge in [0.2, 0.25) is 5.69 Å². The summed E-state index contributed by atoms with van der Waals surface area (Å²) in [5.41, 5.74) is 4.24. The Labute approximate surface area is 123 Å². The lowest BCUT2D eigenvalue weighted by atomic mass is 9.79. The van der Waals surface area contributed by atoms with Crippen molar-refractivity contribution in [3.05, 3.63) is 53.0 Å². The first-order valence-corrected chi connectivity index (χ1v) is 6.60. The Bertz CT molecular complexity index is 742. The topological polar surface area (TPSA) is 50.0 Å². The van der Waals surface area contributed by atoms with Crippen LogP contribution in [0, 0.1) is 13.5 Å². The van der Waals surface area contributed by atoms with Crippen molar-refractivity contribution in [1.82, 2.24) is 4.98 Å². The van der Waals surface area contributed by atoms with Crippen molar-refractivity contribution in [2.45, 2.75) is 13.5 Å². The predicted molar refractivity (Wildman–Crippen MR) is 82.1 cm³/mol. The van der Waals surface area contributed by atoms with Crippen LogP contribution in [0.1, 0.15) is 11.1 Å². The molecular formula is C15H14BN3O2. The number of anilines is 2. The van der Waals surface area contributed by atoms with Gasteiger partial charge >= 0.3 is 7.12 Å². The normalized spacial score (nSPS) is 13.0. The van der Waals surface area contributed by atoms with Crippen LogP contribution in [0.25, 0.3) is 4.85 Å². The van der Waals surface area contributed by atoms with Gasteiger partial charge in [-0.1, -0.05) is 6.07 Å². The van der Waals surface area contributed by atoms with Crippen LogP contribution in [-0.4, -0.2) is 24.2 Å². The molecule has 3 rings (SSSR count). The van der Waals surface area contributed by atoms with Crippen LogP contribution < -0.4 is 10.4 Å². The Balaban J connectivity index is 1.94. The lowest BCUT2D eigenvalue weighted by molar-refractivity contribution is 0.275. The Morgan fingerprint density at radius 1 is 1.43 bits per heavy atom. The fraction of sp³-hybridized carbons (Fsp3) is 0.200. The fourth-order valence-electron chi connectivity index (χ4n) is 2.39. The molecule has 2 aromatic rings. The van der Waals surface area contributed by atoms with Crippen molar-refractivity contribution in [2.24, 2.45) is 0 Å². The zero-order valence-corrected chi connectivity index (χ0v) is 11.9. The Kier molecular flexibility index (Phi) is 3.38. The Morgan fingerprint density at radius 3 is 2.95 bits per heavy atom. The molecule has 21 heavy (non-hydrogen) atoms. The summed E-state index contributed by atoms with van der Waals surface area (Å²) in [7, 11) is 1.10. The van der Waals surface area contributed by atoms with Gasteiger partial charge in [-0.3, -0.25) is 4.98 Å². The van der Waals surface area contributed by atoms with Crippen LogP contribution in [0.15, 0.2) is 30.5 Å². The number of fused-ring (bicyclic) bond motifs is 1. The van der Waals surface area contributed by atoms with Crippen molar-refractivity contribution in [2.75, 3.05) is 11.9 Å². The summed E-state index contributed by atoms with van der Waals surface area (Å²) in [4.78, 5) is 9.70. The van der Waals surface area contributed by atoms with E-state index in [1.54, 1.807) is 6.20 Å². The first-order chi connectivity index (χ1) is 10.1. The molecule has 6 heteroatoms. The minimum absolute atomic E-state index is 0.418. The van der Waals surface area contributed by atoms with Gasteiger partial charge in [-0.2, -0.15) is 0 Å². The van der Waals surface area contributed by atoms with Gasteiger partial charge in [0.1, 0.15) is 5.82 Å². The molecule has 1 aromatic heterocycles. The Morgan fingerprint density at radius 2 is 2.24 bits per heavy atom. The number of rotatable bonds is 2. The second-order valence-electron chi connectivity index (χ2n) is 5.05. The molecule has 5 nitrogen and oxygen atoms in total. The molecule has 0 saturated heterocycles. The van der Waals surface area contributed by atoms with E-state index >= 15 is 0 Å². The highest BCUT2D eigenvalue weighted by molar-refractivity contribution is 6.61. The van der Waals surface area contributed by atoms with Gasteiger partial charge in [0.05, 0.1) is 13.2 Å². The smallest absolute Gasteiger partial charge is 0.423 e. The van der Waals surface area contributed by atoms with Gasteiger partial charge in [-0.15, -0.1) is 0 Å². The number of nitrogens with zero attached hydrogens (tertiary/aromatic N) is 3. The summed E-state index contributed by atoms with van der Waals surface area (Å²) in [5.74, 6) is 0.777. The van der Waals surface area contributed by atoms with E-state index < -0.39 is 7.12 Å². The minimum atomic E-state index is -0.822. The molecule has 1 aliphatic rings. The van der Waals surface area contributed by atoms with Crippen molar-refractivity contribution < 1.29 is 9.68 Å². The quantitative estimate of drug-likeness (QED) is 0.674. The first-order valence-electron chi connectivity index (χ1n) is 6.60. The molecule has 2 heterocycles. The first kappa shape index (κ1) is 13.6. The molecule has 1 aromatic carbocycles. The molecule has 0 aliphatic carbocycles. The predicted octanol–water partition coefficient (Wildman–Crippen LogP) is 1.93. The molecule has 1 aliphatic heterocycles. The molecule has 0 spiro atoms. The third-order valence-corrected chi connectivity index (χ3v) is 3.71. The van der Waals surface area contributed by atoms with Crippen molar-refractivity contribution in [3.63, 3.8) is 0 Å². The zero-order chi connectivity index (χ0) is 15.0. The van der Waals surface area contributed by atoms with Crippen LogP contribution in [0.3, 0.4) is 0 Å². The van der Waals surface area contributed by atoms with E-state index in [1.807, 2.05) is 43.1 Å². The summed E-state index contributed by atoms with van der Waals surface area (Å²) >= 11 is 0. The van der Waals surface area contributed by atoms with E-state index in [4.69, 9.17) is 11.2 Å². The number of pyridine rings is 1. The number of aromatic nitrogens is 1.